The van der Waals surface area contributed by atoms with E-state index in [1.165, 1.54) is 25.6 Å². The van der Waals surface area contributed by atoms with Crippen molar-refractivity contribution in [1.29, 1.82) is 0 Å². The van der Waals surface area contributed by atoms with Gasteiger partial charge in [-0.3, -0.25) is 0 Å². The SMILES string of the molecule is c1ccc(-c2ccccc2C2=NC(c3ccc4c(c3)oc3ccccc34)NC(c3cccc4c3sc3c4ccc4c(-c5ccccc5)nc5ccccc5c43)=N2)cc1. The van der Waals surface area contributed by atoms with E-state index in [0.29, 0.717) is 5.84 Å². The van der Waals surface area contributed by atoms with Gasteiger partial charge in [0.25, 0.3) is 0 Å². The summed E-state index contributed by atoms with van der Waals surface area (Å²) in [4.78, 5) is 16.0. The van der Waals surface area contributed by atoms with Gasteiger partial charge < -0.3 is 9.73 Å². The largest absolute Gasteiger partial charge is 0.456 e. The quantitative estimate of drug-likeness (QED) is 0.178. The van der Waals surface area contributed by atoms with Crippen LogP contribution in [0.2, 0.25) is 0 Å². The third kappa shape index (κ3) is 5.19. The van der Waals surface area contributed by atoms with E-state index in [2.05, 4.69) is 169 Å². The van der Waals surface area contributed by atoms with Crippen LogP contribution in [0.3, 0.4) is 0 Å². The smallest absolute Gasteiger partial charge is 0.160 e. The summed E-state index contributed by atoms with van der Waals surface area (Å²) >= 11 is 1.83. The van der Waals surface area contributed by atoms with Crippen molar-refractivity contribution in [3.8, 4) is 22.4 Å². The molecule has 0 aliphatic carbocycles. The summed E-state index contributed by atoms with van der Waals surface area (Å²) < 4.78 is 8.78. The molecule has 0 bridgehead atoms. The van der Waals surface area contributed by atoms with E-state index in [9.17, 15) is 0 Å². The van der Waals surface area contributed by atoms with Gasteiger partial charge in [0.15, 0.2) is 5.84 Å². The van der Waals surface area contributed by atoms with Crippen LogP contribution in [-0.4, -0.2) is 16.7 Å². The van der Waals surface area contributed by atoms with Gasteiger partial charge in [0, 0.05) is 69.4 Å². The average molecular weight is 761 g/mol. The zero-order valence-corrected chi connectivity index (χ0v) is 31.9. The van der Waals surface area contributed by atoms with E-state index in [0.717, 1.165) is 83.1 Å². The number of nitrogens with zero attached hydrogens (tertiary/aromatic N) is 3. The minimum Gasteiger partial charge on any atom is -0.456 e. The normalized spacial score (nSPS) is 14.4. The lowest BCUT2D eigenvalue weighted by Gasteiger charge is -2.24. The topological polar surface area (TPSA) is 62.8 Å². The van der Waals surface area contributed by atoms with Crippen LogP contribution in [-0.2, 0) is 0 Å². The minimum absolute atomic E-state index is 0.419. The number of fused-ring (bicyclic) bond motifs is 10. The molecule has 12 rings (SSSR count). The Kier molecular flexibility index (Phi) is 7.40. The van der Waals surface area contributed by atoms with Gasteiger partial charge in [-0.25, -0.2) is 15.0 Å². The molecule has 1 N–H and O–H groups in total. The summed E-state index contributed by atoms with van der Waals surface area (Å²) in [5, 5.41) is 11.9. The Morgan fingerprint density at radius 1 is 0.483 bits per heavy atom. The molecule has 1 aliphatic heterocycles. The molecule has 0 spiro atoms. The van der Waals surface area contributed by atoms with Gasteiger partial charge in [0.2, 0.25) is 0 Å². The van der Waals surface area contributed by atoms with E-state index in [1.807, 2.05) is 29.5 Å². The summed E-state index contributed by atoms with van der Waals surface area (Å²) in [7, 11) is 0. The molecular formula is C52H32N4OS. The van der Waals surface area contributed by atoms with Gasteiger partial charge in [-0.15, -0.1) is 11.3 Å². The van der Waals surface area contributed by atoms with Crippen molar-refractivity contribution in [2.24, 2.45) is 9.98 Å². The van der Waals surface area contributed by atoms with Gasteiger partial charge >= 0.3 is 0 Å². The molecule has 1 unspecified atom stereocenters. The number of aliphatic imine (C=N–C) groups is 2. The van der Waals surface area contributed by atoms with Crippen molar-refractivity contribution in [2.45, 2.75) is 6.17 Å². The number of nitrogens with one attached hydrogen (secondary N) is 1. The fraction of sp³-hybridized carbons (Fsp3) is 0.0192. The summed E-state index contributed by atoms with van der Waals surface area (Å²) in [6.07, 6.45) is -0.419. The predicted octanol–water partition coefficient (Wildman–Crippen LogP) is 13.5. The molecule has 0 amide bonds. The first kappa shape index (κ1) is 32.8. The highest BCUT2D eigenvalue weighted by Gasteiger charge is 2.26. The van der Waals surface area contributed by atoms with Crippen LogP contribution in [0.5, 0.6) is 0 Å². The number of rotatable bonds is 5. The van der Waals surface area contributed by atoms with Crippen molar-refractivity contribution >= 4 is 86.8 Å². The molecule has 0 radical (unpaired) electrons. The van der Waals surface area contributed by atoms with Gasteiger partial charge in [-0.1, -0.05) is 158 Å². The molecule has 0 fully saturated rings. The fourth-order valence-electron chi connectivity index (χ4n) is 8.63. The monoisotopic (exact) mass is 760 g/mol. The molecule has 11 aromatic rings. The average Bonchev–Trinajstić information content (AvgIpc) is 3.87. The Morgan fingerprint density at radius 2 is 1.12 bits per heavy atom. The van der Waals surface area contributed by atoms with Crippen LogP contribution >= 0.6 is 11.3 Å². The van der Waals surface area contributed by atoms with Crippen LogP contribution in [0.15, 0.2) is 196 Å². The summed E-state index contributed by atoms with van der Waals surface area (Å²) in [6, 6.07) is 63.6. The first-order valence-corrected chi connectivity index (χ1v) is 20.3. The number of para-hydroxylation sites is 2. The standard InChI is InChI=1S/C52H32N4OS/c1-3-14-31(15-4-1)34-18-7-8-20-39(34)51-54-50(33-26-27-36-35-19-10-12-25-44(35)57-45(36)30-33)55-52(56-51)42-23-13-22-37-38-28-29-41-46(49(38)58-48(37)42)40-21-9-11-24-43(40)53-47(41)32-16-5-2-6-17-32/h1-30,50H,(H,54,55,56). The van der Waals surface area contributed by atoms with Gasteiger partial charge in [-0.05, 0) is 35.4 Å². The highest BCUT2D eigenvalue weighted by Crippen LogP contribution is 2.45. The molecule has 0 saturated heterocycles. The number of benzene rings is 8. The molecule has 5 nitrogen and oxygen atoms in total. The van der Waals surface area contributed by atoms with Crippen LogP contribution < -0.4 is 5.32 Å². The summed E-state index contributed by atoms with van der Waals surface area (Å²) in [5.74, 6) is 1.46. The van der Waals surface area contributed by atoms with E-state index < -0.39 is 6.17 Å². The van der Waals surface area contributed by atoms with Crippen molar-refractivity contribution < 1.29 is 4.42 Å². The lowest BCUT2D eigenvalue weighted by Crippen LogP contribution is -2.33. The van der Waals surface area contributed by atoms with E-state index in [4.69, 9.17) is 19.4 Å². The third-order valence-corrected chi connectivity index (χ3v) is 12.6. The number of amidine groups is 2. The minimum atomic E-state index is -0.419. The lowest BCUT2D eigenvalue weighted by atomic mass is 9.97. The highest BCUT2D eigenvalue weighted by molar-refractivity contribution is 7.27. The van der Waals surface area contributed by atoms with E-state index in [1.54, 1.807) is 0 Å². The van der Waals surface area contributed by atoms with Crippen LogP contribution in [0.1, 0.15) is 22.9 Å². The molecule has 58 heavy (non-hydrogen) atoms. The molecule has 3 aromatic heterocycles. The second kappa shape index (κ2) is 13.1. The second-order valence-electron chi connectivity index (χ2n) is 14.7. The summed E-state index contributed by atoms with van der Waals surface area (Å²) in [6.45, 7) is 0. The second-order valence-corrected chi connectivity index (χ2v) is 15.7. The van der Waals surface area contributed by atoms with E-state index in [-0.39, 0.29) is 0 Å². The number of hydrogen-bond acceptors (Lipinski definition) is 6. The van der Waals surface area contributed by atoms with Crippen LogP contribution in [0.25, 0.3) is 86.2 Å². The number of aromatic nitrogens is 1. The maximum atomic E-state index is 6.37. The molecule has 4 heterocycles. The number of thiophene rings is 1. The Morgan fingerprint density at radius 3 is 1.98 bits per heavy atom. The Bertz CT molecular complexity index is 3490. The number of furan rings is 1. The van der Waals surface area contributed by atoms with Crippen molar-refractivity contribution in [3.63, 3.8) is 0 Å². The zero-order valence-electron chi connectivity index (χ0n) is 31.1. The van der Waals surface area contributed by atoms with Crippen molar-refractivity contribution in [3.05, 3.63) is 199 Å². The van der Waals surface area contributed by atoms with Crippen LogP contribution in [0, 0.1) is 0 Å². The van der Waals surface area contributed by atoms with Gasteiger partial charge in [-0.2, -0.15) is 0 Å². The Hall–Kier alpha value is -7.41. The predicted molar refractivity (Wildman–Crippen MR) is 242 cm³/mol. The van der Waals surface area contributed by atoms with E-state index >= 15 is 0 Å². The molecule has 6 heteroatoms. The maximum absolute atomic E-state index is 6.37. The number of hydrogen-bond donors (Lipinski definition) is 1. The molecule has 0 saturated carbocycles. The number of pyridine rings is 1. The third-order valence-electron chi connectivity index (χ3n) is 11.3. The molecule has 272 valence electrons. The lowest BCUT2D eigenvalue weighted by molar-refractivity contribution is 0.655. The molecule has 1 aliphatic rings. The first-order valence-electron chi connectivity index (χ1n) is 19.5. The highest BCUT2D eigenvalue weighted by atomic mass is 32.1. The van der Waals surface area contributed by atoms with Crippen molar-refractivity contribution in [2.75, 3.05) is 0 Å². The maximum Gasteiger partial charge on any atom is 0.160 e. The molecule has 1 atom stereocenters. The fourth-order valence-corrected chi connectivity index (χ4v) is 10.0. The van der Waals surface area contributed by atoms with Crippen LogP contribution in [0.4, 0.5) is 0 Å². The molecular weight excluding hydrogens is 729 g/mol. The van der Waals surface area contributed by atoms with Crippen molar-refractivity contribution in [1.82, 2.24) is 10.3 Å². The molecule has 8 aromatic carbocycles. The first-order chi connectivity index (χ1) is 28.7. The summed E-state index contributed by atoms with van der Waals surface area (Å²) in [5.41, 5.74) is 10.0. The van der Waals surface area contributed by atoms with Gasteiger partial charge in [0.1, 0.15) is 23.2 Å². The zero-order chi connectivity index (χ0) is 38.2. The Balaban J connectivity index is 1.08. The van der Waals surface area contributed by atoms with Gasteiger partial charge in [0.05, 0.1) is 11.2 Å². The Labute approximate surface area is 337 Å².